The molecule has 4 heteroatoms. The maximum atomic E-state index is 11.2. The third-order valence-corrected chi connectivity index (χ3v) is 4.46. The van der Waals surface area contributed by atoms with Gasteiger partial charge in [0, 0.05) is 20.0 Å². The van der Waals surface area contributed by atoms with Gasteiger partial charge >= 0.3 is 0 Å². The van der Waals surface area contributed by atoms with Crippen LogP contribution in [0.25, 0.3) is 0 Å². The molecule has 0 amide bonds. The standard InChI is InChI=1S/C12H18N2OS/c1-3-10-4-6-14(7-5-10)12-13-8-11(16-12)9(2)15/h8,10H,3-7H2,1-2H3. The van der Waals surface area contributed by atoms with Gasteiger partial charge in [-0.15, -0.1) is 0 Å². The fraction of sp³-hybridized carbons (Fsp3) is 0.667. The molecular formula is C12H18N2OS. The van der Waals surface area contributed by atoms with E-state index in [9.17, 15) is 4.79 Å². The summed E-state index contributed by atoms with van der Waals surface area (Å²) in [7, 11) is 0. The van der Waals surface area contributed by atoms with Crippen LogP contribution >= 0.6 is 11.3 Å². The molecule has 2 heterocycles. The SMILES string of the molecule is CCC1CCN(c2ncc(C(C)=O)s2)CC1. The van der Waals surface area contributed by atoms with Crippen molar-refractivity contribution in [2.24, 2.45) is 5.92 Å². The maximum absolute atomic E-state index is 11.2. The number of piperidine rings is 1. The molecule has 0 radical (unpaired) electrons. The molecule has 0 N–H and O–H groups in total. The van der Waals surface area contributed by atoms with Crippen molar-refractivity contribution in [2.75, 3.05) is 18.0 Å². The predicted molar refractivity (Wildman–Crippen MR) is 67.3 cm³/mol. The molecule has 1 aromatic rings. The van der Waals surface area contributed by atoms with Gasteiger partial charge in [0.15, 0.2) is 10.9 Å². The highest BCUT2D eigenvalue weighted by molar-refractivity contribution is 7.17. The second-order valence-electron chi connectivity index (χ2n) is 4.40. The van der Waals surface area contributed by atoms with Crippen LogP contribution in [0.4, 0.5) is 5.13 Å². The van der Waals surface area contributed by atoms with Crippen LogP contribution in [0.2, 0.25) is 0 Å². The number of rotatable bonds is 3. The third kappa shape index (κ3) is 2.43. The molecule has 1 aliphatic heterocycles. The zero-order chi connectivity index (χ0) is 11.5. The number of hydrogen-bond donors (Lipinski definition) is 0. The summed E-state index contributed by atoms with van der Waals surface area (Å²) in [6.07, 6.45) is 5.50. The van der Waals surface area contributed by atoms with E-state index in [1.165, 1.54) is 30.6 Å². The Morgan fingerprint density at radius 3 is 2.75 bits per heavy atom. The number of Topliss-reactive ketones (excluding diaryl/α,β-unsaturated/α-hetero) is 1. The van der Waals surface area contributed by atoms with E-state index in [1.54, 1.807) is 13.1 Å². The number of nitrogens with zero attached hydrogens (tertiary/aromatic N) is 2. The molecule has 0 aliphatic carbocycles. The summed E-state index contributed by atoms with van der Waals surface area (Å²) in [6, 6.07) is 0. The van der Waals surface area contributed by atoms with Crippen molar-refractivity contribution >= 4 is 22.3 Å². The molecule has 3 nitrogen and oxygen atoms in total. The van der Waals surface area contributed by atoms with E-state index >= 15 is 0 Å². The summed E-state index contributed by atoms with van der Waals surface area (Å²) >= 11 is 1.52. The first kappa shape index (κ1) is 11.6. The topological polar surface area (TPSA) is 33.2 Å². The molecule has 0 spiro atoms. The minimum absolute atomic E-state index is 0.118. The smallest absolute Gasteiger partial charge is 0.185 e. The van der Waals surface area contributed by atoms with E-state index in [0.717, 1.165) is 29.0 Å². The number of hydrogen-bond acceptors (Lipinski definition) is 4. The Bertz CT molecular complexity index is 367. The fourth-order valence-corrected chi connectivity index (χ4v) is 2.97. The van der Waals surface area contributed by atoms with Gasteiger partial charge in [-0.1, -0.05) is 24.7 Å². The lowest BCUT2D eigenvalue weighted by atomic mass is 9.95. The summed E-state index contributed by atoms with van der Waals surface area (Å²) in [5.41, 5.74) is 0. The number of anilines is 1. The van der Waals surface area contributed by atoms with E-state index in [0.29, 0.717) is 0 Å². The Labute approximate surface area is 100 Å². The zero-order valence-electron chi connectivity index (χ0n) is 9.90. The van der Waals surface area contributed by atoms with Crippen molar-refractivity contribution in [1.29, 1.82) is 0 Å². The van der Waals surface area contributed by atoms with Gasteiger partial charge < -0.3 is 4.90 Å². The van der Waals surface area contributed by atoms with Crippen LogP contribution < -0.4 is 4.90 Å². The number of carbonyl (C=O) groups excluding carboxylic acids is 1. The molecule has 0 atom stereocenters. The minimum atomic E-state index is 0.118. The molecular weight excluding hydrogens is 220 g/mol. The second-order valence-corrected chi connectivity index (χ2v) is 5.41. The van der Waals surface area contributed by atoms with Crippen LogP contribution in [0.15, 0.2) is 6.20 Å². The molecule has 0 bridgehead atoms. The number of thiazole rings is 1. The first-order valence-corrected chi connectivity index (χ1v) is 6.74. The molecule has 1 aliphatic rings. The fourth-order valence-electron chi connectivity index (χ4n) is 2.11. The van der Waals surface area contributed by atoms with Crippen molar-refractivity contribution in [3.63, 3.8) is 0 Å². The quantitative estimate of drug-likeness (QED) is 0.759. The van der Waals surface area contributed by atoms with E-state index in [4.69, 9.17) is 0 Å². The van der Waals surface area contributed by atoms with E-state index in [1.807, 2.05) is 0 Å². The van der Waals surface area contributed by atoms with Crippen LogP contribution in [-0.2, 0) is 0 Å². The highest BCUT2D eigenvalue weighted by Gasteiger charge is 2.20. The number of ketones is 1. The molecule has 0 saturated carbocycles. The zero-order valence-corrected chi connectivity index (χ0v) is 10.7. The summed E-state index contributed by atoms with van der Waals surface area (Å²) in [4.78, 5) is 18.6. The highest BCUT2D eigenvalue weighted by Crippen LogP contribution is 2.28. The number of aromatic nitrogens is 1. The Hall–Kier alpha value is -0.900. The molecule has 0 aromatic carbocycles. The van der Waals surface area contributed by atoms with Gasteiger partial charge in [0.25, 0.3) is 0 Å². The van der Waals surface area contributed by atoms with Gasteiger partial charge in [0.1, 0.15) is 0 Å². The lowest BCUT2D eigenvalue weighted by molar-refractivity contribution is 0.102. The summed E-state index contributed by atoms with van der Waals surface area (Å²) < 4.78 is 0. The molecule has 1 aromatic heterocycles. The van der Waals surface area contributed by atoms with Crippen molar-refractivity contribution in [3.05, 3.63) is 11.1 Å². The van der Waals surface area contributed by atoms with Crippen LogP contribution in [0, 0.1) is 5.92 Å². The van der Waals surface area contributed by atoms with Crippen molar-refractivity contribution < 1.29 is 4.79 Å². The summed E-state index contributed by atoms with van der Waals surface area (Å²) in [5, 5.41) is 1.01. The van der Waals surface area contributed by atoms with Gasteiger partial charge in [-0.2, -0.15) is 0 Å². The van der Waals surface area contributed by atoms with Crippen LogP contribution in [0.3, 0.4) is 0 Å². The van der Waals surface area contributed by atoms with Gasteiger partial charge in [-0.05, 0) is 18.8 Å². The van der Waals surface area contributed by atoms with Gasteiger partial charge in [0.2, 0.25) is 0 Å². The predicted octanol–water partition coefficient (Wildman–Crippen LogP) is 2.97. The molecule has 1 fully saturated rings. The molecule has 0 unspecified atom stereocenters. The van der Waals surface area contributed by atoms with E-state index in [-0.39, 0.29) is 5.78 Å². The van der Waals surface area contributed by atoms with Crippen molar-refractivity contribution in [3.8, 4) is 0 Å². The molecule has 1 saturated heterocycles. The maximum Gasteiger partial charge on any atom is 0.185 e. The van der Waals surface area contributed by atoms with Crippen LogP contribution in [0.1, 0.15) is 42.8 Å². The summed E-state index contributed by atoms with van der Waals surface area (Å²) in [5.74, 6) is 0.996. The lowest BCUT2D eigenvalue weighted by Crippen LogP contribution is -2.33. The molecule has 88 valence electrons. The third-order valence-electron chi connectivity index (χ3n) is 3.30. The first-order valence-electron chi connectivity index (χ1n) is 5.92. The van der Waals surface area contributed by atoms with E-state index in [2.05, 4.69) is 16.8 Å². The summed E-state index contributed by atoms with van der Waals surface area (Å²) in [6.45, 7) is 6.03. The van der Waals surface area contributed by atoms with Gasteiger partial charge in [0.05, 0.1) is 11.1 Å². The average molecular weight is 238 g/mol. The van der Waals surface area contributed by atoms with Gasteiger partial charge in [-0.25, -0.2) is 4.98 Å². The monoisotopic (exact) mass is 238 g/mol. The Morgan fingerprint density at radius 1 is 1.56 bits per heavy atom. The molecule has 2 rings (SSSR count). The average Bonchev–Trinajstić information content (AvgIpc) is 2.78. The largest absolute Gasteiger partial charge is 0.348 e. The van der Waals surface area contributed by atoms with Crippen molar-refractivity contribution in [1.82, 2.24) is 4.98 Å². The second kappa shape index (κ2) is 4.95. The minimum Gasteiger partial charge on any atom is -0.348 e. The normalized spacial score (nSPS) is 17.8. The van der Waals surface area contributed by atoms with Crippen LogP contribution in [0.5, 0.6) is 0 Å². The highest BCUT2D eigenvalue weighted by atomic mass is 32.1. The van der Waals surface area contributed by atoms with Crippen LogP contribution in [-0.4, -0.2) is 23.9 Å². The van der Waals surface area contributed by atoms with E-state index < -0.39 is 0 Å². The first-order chi connectivity index (χ1) is 7.70. The number of carbonyl (C=O) groups is 1. The van der Waals surface area contributed by atoms with Crippen molar-refractivity contribution in [2.45, 2.75) is 33.1 Å². The Morgan fingerprint density at radius 2 is 2.25 bits per heavy atom. The lowest BCUT2D eigenvalue weighted by Gasteiger charge is -2.31. The Kier molecular flexibility index (Phi) is 3.59. The molecule has 16 heavy (non-hydrogen) atoms. The van der Waals surface area contributed by atoms with Gasteiger partial charge in [-0.3, -0.25) is 4.79 Å². The Balaban J connectivity index is 2.00.